The summed E-state index contributed by atoms with van der Waals surface area (Å²) < 4.78 is 5.97. The van der Waals surface area contributed by atoms with Crippen molar-refractivity contribution in [2.75, 3.05) is 13.7 Å². The Morgan fingerprint density at radius 1 is 1.74 bits per heavy atom. The number of nitrogens with zero attached hydrogens (tertiary/aromatic N) is 2. The highest BCUT2D eigenvalue weighted by Gasteiger charge is 2.43. The molecule has 1 heterocycles. The lowest BCUT2D eigenvalue weighted by Gasteiger charge is -2.38. The molecule has 1 saturated carbocycles. The molecule has 0 radical (unpaired) electrons. The van der Waals surface area contributed by atoms with E-state index in [2.05, 4.69) is 15.5 Å². The fraction of sp³-hybridized carbons (Fsp3) is 0.750. The highest BCUT2D eigenvalue weighted by molar-refractivity contribution is 8.01. The number of ether oxygens (including phenoxy) is 1. The summed E-state index contributed by atoms with van der Waals surface area (Å²) in [6, 6.07) is 0. The maximum Gasteiger partial charge on any atom is 0.326 e. The van der Waals surface area contributed by atoms with Gasteiger partial charge in [-0.3, -0.25) is 4.79 Å². The minimum absolute atomic E-state index is 0.142. The van der Waals surface area contributed by atoms with Crippen molar-refractivity contribution in [3.8, 4) is 0 Å². The number of nitrogens with one attached hydrogen (secondary N) is 1. The lowest BCUT2D eigenvalue weighted by molar-refractivity contribution is -0.150. The molecule has 0 spiro atoms. The molecule has 1 aromatic rings. The standard InChI is InChI=1S/C12H19N3O2S2/c1-3-13-12(10(16)17-2)6-4-5-9(7-12)19-11-15-14-8-18-11/h8-9,13H,3-7H2,1-2H3. The Labute approximate surface area is 121 Å². The summed E-state index contributed by atoms with van der Waals surface area (Å²) >= 11 is 3.27. The van der Waals surface area contributed by atoms with Crippen LogP contribution in [0.4, 0.5) is 0 Å². The molecule has 0 amide bonds. The van der Waals surface area contributed by atoms with Crippen LogP contribution in [0.2, 0.25) is 0 Å². The van der Waals surface area contributed by atoms with E-state index in [1.54, 1.807) is 28.6 Å². The average molecular weight is 301 g/mol. The van der Waals surface area contributed by atoms with Crippen LogP contribution >= 0.6 is 23.1 Å². The number of hydrogen-bond donors (Lipinski definition) is 1. The zero-order chi connectivity index (χ0) is 13.7. The van der Waals surface area contributed by atoms with Crippen LogP contribution < -0.4 is 5.32 Å². The summed E-state index contributed by atoms with van der Waals surface area (Å²) in [6.45, 7) is 2.79. The molecule has 106 valence electrons. The van der Waals surface area contributed by atoms with Gasteiger partial charge in [-0.25, -0.2) is 0 Å². The predicted octanol–water partition coefficient (Wildman–Crippen LogP) is 2.09. The van der Waals surface area contributed by atoms with Gasteiger partial charge in [-0.1, -0.05) is 30.0 Å². The third kappa shape index (κ3) is 3.46. The lowest BCUT2D eigenvalue weighted by Crippen LogP contribution is -2.55. The molecule has 1 fully saturated rings. The molecule has 1 aromatic heterocycles. The maximum atomic E-state index is 12.1. The topological polar surface area (TPSA) is 64.1 Å². The zero-order valence-corrected chi connectivity index (χ0v) is 12.9. The van der Waals surface area contributed by atoms with Gasteiger partial charge in [0.25, 0.3) is 0 Å². The molecule has 1 N–H and O–H groups in total. The maximum absolute atomic E-state index is 12.1. The van der Waals surface area contributed by atoms with E-state index in [1.807, 2.05) is 6.92 Å². The zero-order valence-electron chi connectivity index (χ0n) is 11.2. The summed E-state index contributed by atoms with van der Waals surface area (Å²) in [7, 11) is 1.46. The van der Waals surface area contributed by atoms with E-state index in [0.717, 1.165) is 36.6 Å². The molecule has 0 aromatic carbocycles. The molecule has 0 bridgehead atoms. The number of thioether (sulfide) groups is 1. The van der Waals surface area contributed by atoms with E-state index >= 15 is 0 Å². The summed E-state index contributed by atoms with van der Waals surface area (Å²) in [6.07, 6.45) is 3.77. The lowest BCUT2D eigenvalue weighted by atomic mass is 9.81. The quantitative estimate of drug-likeness (QED) is 0.840. The number of aromatic nitrogens is 2. The van der Waals surface area contributed by atoms with Gasteiger partial charge in [0.2, 0.25) is 0 Å². The number of methoxy groups -OCH3 is 1. The van der Waals surface area contributed by atoms with Gasteiger partial charge in [-0.15, -0.1) is 10.2 Å². The Hall–Kier alpha value is -0.660. The van der Waals surface area contributed by atoms with Gasteiger partial charge in [0.15, 0.2) is 4.34 Å². The van der Waals surface area contributed by atoms with E-state index < -0.39 is 5.54 Å². The fourth-order valence-corrected chi connectivity index (χ4v) is 4.70. The molecule has 0 saturated heterocycles. The van der Waals surface area contributed by atoms with Crippen LogP contribution in [0.1, 0.15) is 32.6 Å². The Kier molecular flexibility index (Phi) is 5.18. The van der Waals surface area contributed by atoms with Gasteiger partial charge < -0.3 is 10.1 Å². The van der Waals surface area contributed by atoms with Gasteiger partial charge in [0, 0.05) is 5.25 Å². The van der Waals surface area contributed by atoms with Crippen LogP contribution in [0.5, 0.6) is 0 Å². The van der Waals surface area contributed by atoms with Crippen molar-refractivity contribution in [2.45, 2.75) is 47.7 Å². The molecule has 19 heavy (non-hydrogen) atoms. The number of carbonyl (C=O) groups is 1. The predicted molar refractivity (Wildman–Crippen MR) is 76.4 cm³/mol. The monoisotopic (exact) mass is 301 g/mol. The van der Waals surface area contributed by atoms with Gasteiger partial charge in [-0.05, 0) is 32.2 Å². The third-order valence-electron chi connectivity index (χ3n) is 3.40. The molecule has 2 unspecified atom stereocenters. The second kappa shape index (κ2) is 6.67. The molecule has 5 nitrogen and oxygen atoms in total. The van der Waals surface area contributed by atoms with Crippen LogP contribution in [0, 0.1) is 0 Å². The first-order valence-electron chi connectivity index (χ1n) is 6.46. The first-order chi connectivity index (χ1) is 9.20. The van der Waals surface area contributed by atoms with Crippen LogP contribution in [0.25, 0.3) is 0 Å². The van der Waals surface area contributed by atoms with Crippen molar-refractivity contribution in [3.05, 3.63) is 5.51 Å². The SMILES string of the molecule is CCNC1(C(=O)OC)CCCC(Sc2nncs2)C1. The average Bonchev–Trinajstić information content (AvgIpc) is 2.91. The van der Waals surface area contributed by atoms with Crippen molar-refractivity contribution in [1.82, 2.24) is 15.5 Å². The van der Waals surface area contributed by atoms with E-state index in [1.165, 1.54) is 7.11 Å². The molecular weight excluding hydrogens is 282 g/mol. The van der Waals surface area contributed by atoms with Crippen molar-refractivity contribution in [2.24, 2.45) is 0 Å². The number of carbonyl (C=O) groups excluding carboxylic acids is 1. The van der Waals surface area contributed by atoms with Crippen molar-refractivity contribution in [3.63, 3.8) is 0 Å². The summed E-state index contributed by atoms with van der Waals surface area (Å²) in [5.74, 6) is -0.142. The van der Waals surface area contributed by atoms with Crippen LogP contribution in [0.3, 0.4) is 0 Å². The Bertz CT molecular complexity index is 409. The van der Waals surface area contributed by atoms with E-state index in [4.69, 9.17) is 4.74 Å². The van der Waals surface area contributed by atoms with Gasteiger partial charge in [0.1, 0.15) is 11.0 Å². The first kappa shape index (κ1) is 14.7. The Balaban J connectivity index is 2.06. The molecule has 1 aliphatic carbocycles. The minimum Gasteiger partial charge on any atom is -0.468 e. The first-order valence-corrected chi connectivity index (χ1v) is 8.22. The molecule has 0 aliphatic heterocycles. The van der Waals surface area contributed by atoms with Gasteiger partial charge in [-0.2, -0.15) is 0 Å². The smallest absolute Gasteiger partial charge is 0.326 e. The number of hydrogen-bond acceptors (Lipinski definition) is 7. The molecular formula is C12H19N3O2S2. The summed E-state index contributed by atoms with van der Waals surface area (Å²) in [5.41, 5.74) is 1.22. The summed E-state index contributed by atoms with van der Waals surface area (Å²) in [4.78, 5) is 12.1. The highest BCUT2D eigenvalue weighted by atomic mass is 32.2. The highest BCUT2D eigenvalue weighted by Crippen LogP contribution is 2.39. The Morgan fingerprint density at radius 3 is 3.21 bits per heavy atom. The van der Waals surface area contributed by atoms with E-state index in [0.29, 0.717) is 5.25 Å². The van der Waals surface area contributed by atoms with Gasteiger partial charge >= 0.3 is 5.97 Å². The molecule has 1 aliphatic rings. The molecule has 2 atom stereocenters. The van der Waals surface area contributed by atoms with Gasteiger partial charge in [0.05, 0.1) is 7.11 Å². The van der Waals surface area contributed by atoms with Crippen LogP contribution in [-0.2, 0) is 9.53 Å². The fourth-order valence-electron chi connectivity index (χ4n) is 2.63. The van der Waals surface area contributed by atoms with Crippen LogP contribution in [0.15, 0.2) is 9.85 Å². The minimum atomic E-state index is -0.524. The second-order valence-electron chi connectivity index (χ2n) is 4.64. The second-order valence-corrected chi connectivity index (χ2v) is 7.03. The van der Waals surface area contributed by atoms with Crippen molar-refractivity contribution < 1.29 is 9.53 Å². The molecule has 2 rings (SSSR count). The summed E-state index contributed by atoms with van der Waals surface area (Å²) in [5, 5.41) is 11.6. The van der Waals surface area contributed by atoms with E-state index in [9.17, 15) is 4.79 Å². The van der Waals surface area contributed by atoms with Crippen molar-refractivity contribution in [1.29, 1.82) is 0 Å². The number of esters is 1. The third-order valence-corrected chi connectivity index (χ3v) is 5.48. The normalized spacial score (nSPS) is 27.2. The number of likely N-dealkylation sites (N-methyl/N-ethyl adjacent to an activating group) is 1. The van der Waals surface area contributed by atoms with Crippen molar-refractivity contribution >= 4 is 29.1 Å². The molecule has 7 heteroatoms. The van der Waals surface area contributed by atoms with Crippen LogP contribution in [-0.4, -0.2) is 40.6 Å². The largest absolute Gasteiger partial charge is 0.468 e. The van der Waals surface area contributed by atoms with E-state index in [-0.39, 0.29) is 5.97 Å². The number of rotatable bonds is 5. The Morgan fingerprint density at radius 2 is 2.58 bits per heavy atom.